The van der Waals surface area contributed by atoms with Crippen molar-refractivity contribution in [3.63, 3.8) is 0 Å². The number of likely N-dealkylation sites (tertiary alicyclic amines) is 1. The first-order valence-corrected chi connectivity index (χ1v) is 8.57. The number of nitrogens with zero attached hydrogens (tertiary/aromatic N) is 3. The number of aromatic nitrogens is 1. The van der Waals surface area contributed by atoms with Gasteiger partial charge in [-0.05, 0) is 41.1 Å². The molecule has 25 heavy (non-hydrogen) atoms. The predicted molar refractivity (Wildman–Crippen MR) is 94.7 cm³/mol. The number of ether oxygens (including phenoxy) is 1. The molecular formula is C17H16BrN3O4. The monoisotopic (exact) mass is 405 g/mol. The summed E-state index contributed by atoms with van der Waals surface area (Å²) in [6, 6.07) is 8.20. The second kappa shape index (κ2) is 7.18. The van der Waals surface area contributed by atoms with E-state index >= 15 is 0 Å². The van der Waals surface area contributed by atoms with Gasteiger partial charge < -0.3 is 9.64 Å². The predicted octanol–water partition coefficient (Wildman–Crippen LogP) is 3.35. The van der Waals surface area contributed by atoms with Gasteiger partial charge in [0.05, 0.1) is 15.9 Å². The van der Waals surface area contributed by atoms with Gasteiger partial charge in [-0.25, -0.2) is 4.98 Å². The molecule has 0 aliphatic carbocycles. The number of carbonyl (C=O) groups excluding carboxylic acids is 1. The topological polar surface area (TPSA) is 85.6 Å². The van der Waals surface area contributed by atoms with Crippen LogP contribution in [0.3, 0.4) is 0 Å². The SMILES string of the molecule is Cc1c(C(=O)N2CCC(Oc3ncccc3Br)C2)cccc1[N+](=O)[O-]. The van der Waals surface area contributed by atoms with Crippen LogP contribution in [0.25, 0.3) is 0 Å². The van der Waals surface area contributed by atoms with Gasteiger partial charge in [-0.1, -0.05) is 6.07 Å². The number of amides is 1. The summed E-state index contributed by atoms with van der Waals surface area (Å²) in [5.74, 6) is 0.278. The molecule has 1 atom stereocenters. The molecule has 1 fully saturated rings. The molecule has 1 aliphatic rings. The van der Waals surface area contributed by atoms with Crippen LogP contribution in [0.4, 0.5) is 5.69 Å². The molecule has 3 rings (SSSR count). The fourth-order valence-electron chi connectivity index (χ4n) is 2.85. The first-order valence-electron chi connectivity index (χ1n) is 7.78. The third kappa shape index (κ3) is 3.63. The van der Waals surface area contributed by atoms with Crippen molar-refractivity contribution < 1.29 is 14.5 Å². The lowest BCUT2D eigenvalue weighted by Crippen LogP contribution is -2.31. The highest BCUT2D eigenvalue weighted by molar-refractivity contribution is 9.10. The molecule has 0 bridgehead atoms. The van der Waals surface area contributed by atoms with Crippen molar-refractivity contribution in [1.82, 2.24) is 9.88 Å². The Morgan fingerprint density at radius 1 is 1.40 bits per heavy atom. The Morgan fingerprint density at radius 2 is 2.20 bits per heavy atom. The lowest BCUT2D eigenvalue weighted by atomic mass is 10.1. The maximum Gasteiger partial charge on any atom is 0.273 e. The Hall–Kier alpha value is -2.48. The summed E-state index contributed by atoms with van der Waals surface area (Å²) in [4.78, 5) is 29.1. The molecule has 1 saturated heterocycles. The molecule has 130 valence electrons. The van der Waals surface area contributed by atoms with Gasteiger partial charge in [-0.2, -0.15) is 0 Å². The summed E-state index contributed by atoms with van der Waals surface area (Å²) >= 11 is 3.38. The number of rotatable bonds is 4. The van der Waals surface area contributed by atoms with E-state index < -0.39 is 4.92 Å². The van der Waals surface area contributed by atoms with Gasteiger partial charge in [0, 0.05) is 36.4 Å². The van der Waals surface area contributed by atoms with Crippen LogP contribution in [0.2, 0.25) is 0 Å². The van der Waals surface area contributed by atoms with Gasteiger partial charge in [-0.15, -0.1) is 0 Å². The molecule has 0 N–H and O–H groups in total. The number of hydrogen-bond donors (Lipinski definition) is 0. The Morgan fingerprint density at radius 3 is 2.92 bits per heavy atom. The van der Waals surface area contributed by atoms with Crippen LogP contribution < -0.4 is 4.74 Å². The minimum Gasteiger partial charge on any atom is -0.472 e. The average molecular weight is 406 g/mol. The van der Waals surface area contributed by atoms with Crippen molar-refractivity contribution in [3.05, 3.63) is 62.2 Å². The number of hydrogen-bond acceptors (Lipinski definition) is 5. The third-order valence-electron chi connectivity index (χ3n) is 4.17. The highest BCUT2D eigenvalue weighted by atomic mass is 79.9. The quantitative estimate of drug-likeness (QED) is 0.574. The summed E-state index contributed by atoms with van der Waals surface area (Å²) in [6.45, 7) is 2.56. The molecule has 7 nitrogen and oxygen atoms in total. The molecule has 1 unspecified atom stereocenters. The minimum atomic E-state index is -0.472. The smallest absolute Gasteiger partial charge is 0.273 e. The van der Waals surface area contributed by atoms with Crippen LogP contribution >= 0.6 is 15.9 Å². The van der Waals surface area contributed by atoms with E-state index in [1.54, 1.807) is 30.2 Å². The van der Waals surface area contributed by atoms with E-state index in [1.807, 2.05) is 6.07 Å². The number of halogens is 1. The first kappa shape index (κ1) is 17.3. The van der Waals surface area contributed by atoms with Gasteiger partial charge in [-0.3, -0.25) is 14.9 Å². The fraction of sp³-hybridized carbons (Fsp3) is 0.294. The van der Waals surface area contributed by atoms with Crippen LogP contribution in [-0.4, -0.2) is 39.9 Å². The van der Waals surface area contributed by atoms with Crippen LogP contribution in [0, 0.1) is 17.0 Å². The highest BCUT2D eigenvalue weighted by Gasteiger charge is 2.30. The maximum absolute atomic E-state index is 12.7. The number of nitro groups is 1. The standard InChI is InChI=1S/C17H16BrN3O4/c1-11-13(4-2-6-15(11)21(23)24)17(22)20-9-7-12(10-20)25-16-14(18)5-3-8-19-16/h2-6,8,12H,7,9-10H2,1H3. The molecule has 0 saturated carbocycles. The van der Waals surface area contributed by atoms with Crippen LogP contribution in [-0.2, 0) is 0 Å². The maximum atomic E-state index is 12.7. The van der Waals surface area contributed by atoms with E-state index in [0.29, 0.717) is 36.5 Å². The zero-order valence-corrected chi connectivity index (χ0v) is 15.1. The third-order valence-corrected chi connectivity index (χ3v) is 4.77. The van der Waals surface area contributed by atoms with E-state index in [0.717, 1.165) is 4.47 Å². The lowest BCUT2D eigenvalue weighted by molar-refractivity contribution is -0.385. The molecule has 1 aromatic carbocycles. The summed E-state index contributed by atoms with van der Waals surface area (Å²) in [5, 5.41) is 11.1. The van der Waals surface area contributed by atoms with Crippen molar-refractivity contribution in [2.75, 3.05) is 13.1 Å². The lowest BCUT2D eigenvalue weighted by Gasteiger charge is -2.18. The number of carbonyl (C=O) groups is 1. The molecule has 1 aliphatic heterocycles. The van der Waals surface area contributed by atoms with Crippen molar-refractivity contribution >= 4 is 27.5 Å². The van der Waals surface area contributed by atoms with Crippen molar-refractivity contribution in [3.8, 4) is 5.88 Å². The minimum absolute atomic E-state index is 0.0461. The molecule has 1 aromatic heterocycles. The normalized spacial score (nSPS) is 16.7. The first-order chi connectivity index (χ1) is 12.0. The van der Waals surface area contributed by atoms with E-state index in [9.17, 15) is 14.9 Å². The molecule has 0 spiro atoms. The summed E-state index contributed by atoms with van der Waals surface area (Å²) in [5.41, 5.74) is 0.693. The number of pyridine rings is 1. The van der Waals surface area contributed by atoms with Gasteiger partial charge in [0.2, 0.25) is 5.88 Å². The second-order valence-corrected chi connectivity index (χ2v) is 6.63. The Bertz CT molecular complexity index is 827. The van der Waals surface area contributed by atoms with Crippen LogP contribution in [0.15, 0.2) is 41.0 Å². The molecule has 8 heteroatoms. The van der Waals surface area contributed by atoms with E-state index in [1.165, 1.54) is 12.1 Å². The van der Waals surface area contributed by atoms with Gasteiger partial charge >= 0.3 is 0 Å². The fourth-order valence-corrected chi connectivity index (χ4v) is 3.20. The summed E-state index contributed by atoms with van der Waals surface area (Å²) in [7, 11) is 0. The van der Waals surface area contributed by atoms with Crippen molar-refractivity contribution in [2.24, 2.45) is 0 Å². The molecule has 2 aromatic rings. The van der Waals surface area contributed by atoms with E-state index in [4.69, 9.17) is 4.74 Å². The number of nitro benzene ring substituents is 1. The van der Waals surface area contributed by atoms with Gasteiger partial charge in [0.15, 0.2) is 0 Å². The average Bonchev–Trinajstić information content (AvgIpc) is 3.05. The molecule has 2 heterocycles. The molecular weight excluding hydrogens is 390 g/mol. The van der Waals surface area contributed by atoms with Crippen molar-refractivity contribution in [2.45, 2.75) is 19.4 Å². The zero-order chi connectivity index (χ0) is 18.0. The Balaban J connectivity index is 1.72. The van der Waals surface area contributed by atoms with Crippen LogP contribution in [0.1, 0.15) is 22.3 Å². The Kier molecular flexibility index (Phi) is 4.98. The van der Waals surface area contributed by atoms with Crippen LogP contribution in [0.5, 0.6) is 5.88 Å². The van der Waals surface area contributed by atoms with E-state index in [-0.39, 0.29) is 17.7 Å². The highest BCUT2D eigenvalue weighted by Crippen LogP contribution is 2.27. The van der Waals surface area contributed by atoms with Crippen molar-refractivity contribution in [1.29, 1.82) is 0 Å². The largest absolute Gasteiger partial charge is 0.472 e. The second-order valence-electron chi connectivity index (χ2n) is 5.78. The Labute approximate surface area is 152 Å². The zero-order valence-electron chi connectivity index (χ0n) is 13.5. The number of benzene rings is 1. The van der Waals surface area contributed by atoms with E-state index in [2.05, 4.69) is 20.9 Å². The molecule has 1 amide bonds. The van der Waals surface area contributed by atoms with Gasteiger partial charge in [0.25, 0.3) is 11.6 Å². The van der Waals surface area contributed by atoms with Gasteiger partial charge in [0.1, 0.15) is 6.10 Å². The summed E-state index contributed by atoms with van der Waals surface area (Å²) in [6.07, 6.45) is 2.17. The summed E-state index contributed by atoms with van der Waals surface area (Å²) < 4.78 is 6.61. The molecule has 0 radical (unpaired) electrons.